The number of nitrogens with zero attached hydrogens (tertiary/aromatic N) is 2. The van der Waals surface area contributed by atoms with Crippen molar-refractivity contribution in [2.75, 3.05) is 5.32 Å². The highest BCUT2D eigenvalue weighted by Crippen LogP contribution is 2.17. The summed E-state index contributed by atoms with van der Waals surface area (Å²) in [6, 6.07) is 1.97. The fraction of sp³-hybridized carbons (Fsp3) is 0.556. The van der Waals surface area contributed by atoms with Crippen LogP contribution in [-0.4, -0.2) is 21.9 Å². The summed E-state index contributed by atoms with van der Waals surface area (Å²) in [6.07, 6.45) is 5.19. The molecule has 1 heterocycles. The summed E-state index contributed by atoms with van der Waals surface area (Å²) in [5, 5.41) is 9.60. The zero-order valence-electron chi connectivity index (χ0n) is 8.16. The Morgan fingerprint density at radius 2 is 2.43 bits per heavy atom. The van der Waals surface area contributed by atoms with E-state index in [0.717, 1.165) is 12.8 Å². The van der Waals surface area contributed by atoms with Crippen LogP contribution in [0.4, 0.5) is 10.6 Å². The first-order valence-corrected chi connectivity index (χ1v) is 4.81. The van der Waals surface area contributed by atoms with E-state index in [1.54, 1.807) is 16.9 Å². The summed E-state index contributed by atoms with van der Waals surface area (Å²) in [5.41, 5.74) is 0. The fourth-order valence-electron chi connectivity index (χ4n) is 1.37. The van der Waals surface area contributed by atoms with Crippen LogP contribution in [0.3, 0.4) is 0 Å². The van der Waals surface area contributed by atoms with E-state index in [-0.39, 0.29) is 6.03 Å². The number of hydrogen-bond donors (Lipinski definition) is 2. The second-order valence-corrected chi connectivity index (χ2v) is 3.60. The van der Waals surface area contributed by atoms with E-state index in [4.69, 9.17) is 0 Å². The van der Waals surface area contributed by atoms with Crippen LogP contribution in [0.5, 0.6) is 0 Å². The molecule has 5 heteroatoms. The van der Waals surface area contributed by atoms with Crippen molar-refractivity contribution in [3.05, 3.63) is 12.3 Å². The van der Waals surface area contributed by atoms with Gasteiger partial charge in [-0.2, -0.15) is 5.10 Å². The average molecular weight is 194 g/mol. The maximum Gasteiger partial charge on any atom is 0.320 e. The van der Waals surface area contributed by atoms with Gasteiger partial charge in [-0.05, 0) is 19.3 Å². The lowest BCUT2D eigenvalue weighted by Gasteiger charge is -2.26. The van der Waals surface area contributed by atoms with E-state index >= 15 is 0 Å². The van der Waals surface area contributed by atoms with Gasteiger partial charge in [0, 0.05) is 25.4 Å². The molecule has 14 heavy (non-hydrogen) atoms. The molecule has 1 fully saturated rings. The maximum atomic E-state index is 11.4. The molecule has 1 aliphatic rings. The number of hydrogen-bond acceptors (Lipinski definition) is 2. The van der Waals surface area contributed by atoms with E-state index < -0.39 is 0 Å². The summed E-state index contributed by atoms with van der Waals surface area (Å²) < 4.78 is 1.65. The standard InChI is InChI=1S/C9H14N4O/c1-13-6-5-8(12-13)11-9(14)10-7-3-2-4-7/h5-7H,2-4H2,1H3,(H2,10,11,12,14). The first-order valence-electron chi connectivity index (χ1n) is 4.81. The van der Waals surface area contributed by atoms with Gasteiger partial charge in [0.05, 0.1) is 0 Å². The average Bonchev–Trinajstić information content (AvgIpc) is 2.44. The van der Waals surface area contributed by atoms with E-state index in [2.05, 4.69) is 15.7 Å². The molecule has 1 saturated carbocycles. The third-order valence-electron chi connectivity index (χ3n) is 2.40. The SMILES string of the molecule is Cn1ccc(NC(=O)NC2CCC2)n1. The van der Waals surface area contributed by atoms with Gasteiger partial charge in [0.25, 0.3) is 0 Å². The van der Waals surface area contributed by atoms with Gasteiger partial charge in [-0.25, -0.2) is 4.79 Å². The monoisotopic (exact) mass is 194 g/mol. The van der Waals surface area contributed by atoms with Gasteiger partial charge in [0.2, 0.25) is 0 Å². The molecule has 0 bridgehead atoms. The van der Waals surface area contributed by atoms with Gasteiger partial charge >= 0.3 is 6.03 Å². The lowest BCUT2D eigenvalue weighted by atomic mass is 9.93. The van der Waals surface area contributed by atoms with Gasteiger partial charge < -0.3 is 5.32 Å². The molecular formula is C9H14N4O. The quantitative estimate of drug-likeness (QED) is 0.740. The van der Waals surface area contributed by atoms with Crippen molar-refractivity contribution in [1.29, 1.82) is 0 Å². The van der Waals surface area contributed by atoms with Crippen molar-refractivity contribution in [2.45, 2.75) is 25.3 Å². The molecular weight excluding hydrogens is 180 g/mol. The number of urea groups is 1. The van der Waals surface area contributed by atoms with Crippen LogP contribution >= 0.6 is 0 Å². The van der Waals surface area contributed by atoms with Crippen LogP contribution in [0.1, 0.15) is 19.3 Å². The molecule has 0 saturated heterocycles. The normalized spacial score (nSPS) is 16.1. The number of carbonyl (C=O) groups excluding carboxylic acids is 1. The van der Waals surface area contributed by atoms with E-state index in [0.29, 0.717) is 11.9 Å². The van der Waals surface area contributed by atoms with Crippen LogP contribution in [0, 0.1) is 0 Å². The minimum Gasteiger partial charge on any atom is -0.335 e. The largest absolute Gasteiger partial charge is 0.335 e. The second kappa shape index (κ2) is 3.69. The Hall–Kier alpha value is -1.52. The lowest BCUT2D eigenvalue weighted by molar-refractivity contribution is 0.240. The highest BCUT2D eigenvalue weighted by atomic mass is 16.2. The minimum atomic E-state index is -0.159. The summed E-state index contributed by atoms with van der Waals surface area (Å²) in [4.78, 5) is 11.4. The van der Waals surface area contributed by atoms with Crippen molar-refractivity contribution in [2.24, 2.45) is 7.05 Å². The summed E-state index contributed by atoms with van der Waals surface area (Å²) in [7, 11) is 1.81. The van der Waals surface area contributed by atoms with Gasteiger partial charge in [0.15, 0.2) is 5.82 Å². The zero-order valence-corrected chi connectivity index (χ0v) is 8.16. The van der Waals surface area contributed by atoms with Gasteiger partial charge in [0.1, 0.15) is 0 Å². The molecule has 0 spiro atoms. The van der Waals surface area contributed by atoms with Crippen molar-refractivity contribution >= 4 is 11.8 Å². The van der Waals surface area contributed by atoms with E-state index in [1.165, 1.54) is 6.42 Å². The van der Waals surface area contributed by atoms with Crippen LogP contribution < -0.4 is 10.6 Å². The van der Waals surface area contributed by atoms with Crippen LogP contribution in [0.15, 0.2) is 12.3 Å². The number of nitrogens with one attached hydrogen (secondary N) is 2. The van der Waals surface area contributed by atoms with Crippen molar-refractivity contribution < 1.29 is 4.79 Å². The number of carbonyl (C=O) groups is 1. The highest BCUT2D eigenvalue weighted by Gasteiger charge is 2.19. The van der Waals surface area contributed by atoms with Crippen molar-refractivity contribution in [3.63, 3.8) is 0 Å². The summed E-state index contributed by atoms with van der Waals surface area (Å²) in [6.45, 7) is 0. The molecule has 1 aromatic rings. The van der Waals surface area contributed by atoms with Crippen LogP contribution in [-0.2, 0) is 7.05 Å². The zero-order chi connectivity index (χ0) is 9.97. The smallest absolute Gasteiger partial charge is 0.320 e. The highest BCUT2D eigenvalue weighted by molar-refractivity contribution is 5.88. The molecule has 0 aliphatic heterocycles. The molecule has 0 atom stereocenters. The Morgan fingerprint density at radius 1 is 1.64 bits per heavy atom. The third-order valence-corrected chi connectivity index (χ3v) is 2.40. The Morgan fingerprint density at radius 3 is 2.93 bits per heavy atom. The van der Waals surface area contributed by atoms with Crippen LogP contribution in [0.2, 0.25) is 0 Å². The van der Waals surface area contributed by atoms with E-state index in [1.807, 2.05) is 7.05 Å². The molecule has 2 rings (SSSR count). The molecule has 2 amide bonds. The first kappa shape index (κ1) is 9.05. The van der Waals surface area contributed by atoms with Crippen LogP contribution in [0.25, 0.3) is 0 Å². The Balaban J connectivity index is 1.81. The molecule has 0 radical (unpaired) electrons. The molecule has 1 aliphatic carbocycles. The Bertz CT molecular complexity index is 329. The molecule has 76 valence electrons. The first-order chi connectivity index (χ1) is 6.74. The maximum absolute atomic E-state index is 11.4. The number of anilines is 1. The van der Waals surface area contributed by atoms with Gasteiger partial charge in [-0.3, -0.25) is 10.00 Å². The predicted octanol–water partition coefficient (Wildman–Crippen LogP) is 1.09. The molecule has 0 aromatic carbocycles. The Kier molecular flexibility index (Phi) is 2.39. The Labute approximate surface area is 82.5 Å². The van der Waals surface area contributed by atoms with Gasteiger partial charge in [-0.1, -0.05) is 0 Å². The van der Waals surface area contributed by atoms with E-state index in [9.17, 15) is 4.79 Å². The molecule has 0 unspecified atom stereocenters. The predicted molar refractivity (Wildman–Crippen MR) is 53.0 cm³/mol. The van der Waals surface area contributed by atoms with Gasteiger partial charge in [-0.15, -0.1) is 0 Å². The summed E-state index contributed by atoms with van der Waals surface area (Å²) in [5.74, 6) is 0.587. The number of aromatic nitrogens is 2. The molecule has 1 aromatic heterocycles. The number of amides is 2. The molecule has 5 nitrogen and oxygen atoms in total. The minimum absolute atomic E-state index is 0.159. The van der Waals surface area contributed by atoms with Crippen molar-refractivity contribution in [1.82, 2.24) is 15.1 Å². The summed E-state index contributed by atoms with van der Waals surface area (Å²) >= 11 is 0. The molecule has 2 N–H and O–H groups in total. The number of rotatable bonds is 2. The fourth-order valence-corrected chi connectivity index (χ4v) is 1.37. The third kappa shape index (κ3) is 2.04. The second-order valence-electron chi connectivity index (χ2n) is 3.60. The topological polar surface area (TPSA) is 59.0 Å². The van der Waals surface area contributed by atoms with Crippen molar-refractivity contribution in [3.8, 4) is 0 Å². The lowest BCUT2D eigenvalue weighted by Crippen LogP contribution is -2.41. The number of aryl methyl sites for hydroxylation is 1.